The molecule has 1 aliphatic carbocycles. The summed E-state index contributed by atoms with van der Waals surface area (Å²) in [7, 11) is 0. The number of ether oxygens (including phenoxy) is 1. The molecule has 6 rings (SSSR count). The first-order chi connectivity index (χ1) is 21.3. The van der Waals surface area contributed by atoms with Crippen LogP contribution in [-0.4, -0.2) is 52.7 Å². The third-order valence-corrected chi connectivity index (χ3v) is 8.68. The lowest BCUT2D eigenvalue weighted by Crippen LogP contribution is -2.36. The van der Waals surface area contributed by atoms with Gasteiger partial charge in [0.2, 0.25) is 5.78 Å². The summed E-state index contributed by atoms with van der Waals surface area (Å²) in [5.41, 5.74) is 5.24. The number of nitrogens with zero attached hydrogens (tertiary/aromatic N) is 5. The number of nitrogens with one attached hydrogen (secondary N) is 1. The van der Waals surface area contributed by atoms with Crippen molar-refractivity contribution in [3.8, 4) is 22.5 Å². The van der Waals surface area contributed by atoms with Crippen molar-refractivity contribution in [3.05, 3.63) is 92.6 Å². The van der Waals surface area contributed by atoms with E-state index in [2.05, 4.69) is 27.1 Å². The minimum Gasteiger partial charge on any atom is -0.391 e. The number of benzene rings is 2. The fourth-order valence-electron chi connectivity index (χ4n) is 6.23. The Labute approximate surface area is 254 Å². The maximum atomic E-state index is 14.3. The van der Waals surface area contributed by atoms with Crippen molar-refractivity contribution in [1.29, 1.82) is 0 Å². The van der Waals surface area contributed by atoms with Gasteiger partial charge in [0.15, 0.2) is 5.82 Å². The monoisotopic (exact) mass is 598 g/mol. The van der Waals surface area contributed by atoms with Gasteiger partial charge in [-0.15, -0.1) is 0 Å². The molecule has 2 aromatic carbocycles. The van der Waals surface area contributed by atoms with Crippen LogP contribution >= 0.6 is 0 Å². The second kappa shape index (κ2) is 12.7. The SMILES string of the molecule is CCCc1c(Cc2ccc(-c3ccccc3-c3noc(=O)[nH]3)cc2)c(=O)n([C@H]2CC[C@H](OC(C)C(C)O)CC2)c2ncnn12. The average Bonchev–Trinajstić information content (AvgIpc) is 3.69. The van der Waals surface area contributed by atoms with Crippen LogP contribution in [-0.2, 0) is 17.6 Å². The Hall–Kier alpha value is -4.35. The molecule has 0 bridgehead atoms. The number of hydrogen-bond donors (Lipinski definition) is 2. The van der Waals surface area contributed by atoms with Gasteiger partial charge in [-0.05, 0) is 62.6 Å². The molecule has 11 heteroatoms. The molecule has 0 aliphatic heterocycles. The van der Waals surface area contributed by atoms with Crippen LogP contribution in [0.15, 0.2) is 69.0 Å². The molecule has 1 aliphatic rings. The number of aliphatic hydroxyl groups is 1. The first-order valence-corrected chi connectivity index (χ1v) is 15.4. The fraction of sp³-hybridized carbons (Fsp3) is 0.424. The Bertz CT molecular complexity index is 1840. The van der Waals surface area contributed by atoms with Crippen molar-refractivity contribution in [2.75, 3.05) is 0 Å². The van der Waals surface area contributed by atoms with Crippen LogP contribution in [0.25, 0.3) is 28.3 Å². The Morgan fingerprint density at radius 1 is 1.05 bits per heavy atom. The van der Waals surface area contributed by atoms with Crippen LogP contribution in [0.4, 0.5) is 0 Å². The highest BCUT2D eigenvalue weighted by atomic mass is 16.5. The Balaban J connectivity index is 1.31. The molecule has 0 amide bonds. The zero-order valence-electron chi connectivity index (χ0n) is 25.3. The van der Waals surface area contributed by atoms with E-state index in [4.69, 9.17) is 9.26 Å². The maximum absolute atomic E-state index is 14.3. The zero-order valence-corrected chi connectivity index (χ0v) is 25.3. The Morgan fingerprint density at radius 2 is 1.77 bits per heavy atom. The predicted octanol–water partition coefficient (Wildman–Crippen LogP) is 4.71. The van der Waals surface area contributed by atoms with Gasteiger partial charge in [-0.1, -0.05) is 67.0 Å². The number of rotatable bonds is 10. The van der Waals surface area contributed by atoms with E-state index in [1.165, 1.54) is 6.33 Å². The van der Waals surface area contributed by atoms with E-state index < -0.39 is 11.9 Å². The minimum absolute atomic E-state index is 0.00724. The van der Waals surface area contributed by atoms with Gasteiger partial charge in [0.25, 0.3) is 5.56 Å². The van der Waals surface area contributed by atoms with E-state index in [0.29, 0.717) is 24.4 Å². The van der Waals surface area contributed by atoms with Crippen LogP contribution in [0.2, 0.25) is 0 Å². The summed E-state index contributed by atoms with van der Waals surface area (Å²) in [6, 6.07) is 15.8. The number of H-pyrrole nitrogens is 1. The van der Waals surface area contributed by atoms with Crippen LogP contribution in [0.5, 0.6) is 0 Å². The van der Waals surface area contributed by atoms with E-state index in [1.54, 1.807) is 6.92 Å². The molecule has 1 fully saturated rings. The molecule has 230 valence electrons. The van der Waals surface area contributed by atoms with Crippen molar-refractivity contribution in [1.82, 2.24) is 29.3 Å². The van der Waals surface area contributed by atoms with Gasteiger partial charge in [0.1, 0.15) is 6.33 Å². The van der Waals surface area contributed by atoms with Crippen LogP contribution in [0, 0.1) is 0 Å². The predicted molar refractivity (Wildman–Crippen MR) is 166 cm³/mol. The van der Waals surface area contributed by atoms with Gasteiger partial charge in [-0.2, -0.15) is 10.1 Å². The topological polar surface area (TPSA) is 141 Å². The molecule has 0 radical (unpaired) electrons. The summed E-state index contributed by atoms with van der Waals surface area (Å²) in [5.74, 6) is 0.357. The molecule has 11 nitrogen and oxygen atoms in total. The lowest BCUT2D eigenvalue weighted by Gasteiger charge is -2.32. The fourth-order valence-corrected chi connectivity index (χ4v) is 6.23. The highest BCUT2D eigenvalue weighted by Crippen LogP contribution is 2.33. The standard InChI is InChI=1S/C33H38N6O5/c1-4-7-29-28(18-22-10-12-23(13-11-22)26-8-5-6-9-27(26)30-36-33(42)44-37-30)31(41)38(32-34-19-35-39(29)32)24-14-16-25(17-15-24)43-21(3)20(2)40/h5-6,8-13,19-21,24-25,40H,4,7,14-18H2,1-3H3,(H,36,37,42)/t20?,21?,24-,25-. The third kappa shape index (κ3) is 5.89. The number of fused-ring (bicyclic) bond motifs is 1. The van der Waals surface area contributed by atoms with Crippen molar-refractivity contribution in [2.24, 2.45) is 0 Å². The number of aromatic amines is 1. The number of aryl methyl sites for hydroxylation is 1. The summed E-state index contributed by atoms with van der Waals surface area (Å²) in [6.07, 6.45) is 6.09. The molecular weight excluding hydrogens is 560 g/mol. The van der Waals surface area contributed by atoms with Gasteiger partial charge in [0.05, 0.1) is 24.0 Å². The summed E-state index contributed by atoms with van der Waals surface area (Å²) in [6.45, 7) is 5.73. The van der Waals surface area contributed by atoms with Crippen LogP contribution in [0.1, 0.15) is 75.7 Å². The van der Waals surface area contributed by atoms with Crippen molar-refractivity contribution < 1.29 is 14.4 Å². The highest BCUT2D eigenvalue weighted by molar-refractivity contribution is 5.80. The molecular formula is C33H38N6O5. The number of aliphatic hydroxyl groups excluding tert-OH is 1. The van der Waals surface area contributed by atoms with Gasteiger partial charge >= 0.3 is 5.76 Å². The molecule has 5 aromatic rings. The largest absolute Gasteiger partial charge is 0.439 e. The molecule has 2 unspecified atom stereocenters. The quantitative estimate of drug-likeness (QED) is 0.235. The Kier molecular flexibility index (Phi) is 8.58. The van der Waals surface area contributed by atoms with E-state index in [0.717, 1.165) is 65.6 Å². The van der Waals surface area contributed by atoms with Gasteiger partial charge in [0, 0.05) is 23.6 Å². The van der Waals surface area contributed by atoms with Gasteiger partial charge < -0.3 is 9.84 Å². The molecule has 0 saturated heterocycles. The first kappa shape index (κ1) is 29.7. The van der Waals surface area contributed by atoms with Crippen molar-refractivity contribution in [2.45, 2.75) is 90.1 Å². The van der Waals surface area contributed by atoms with Crippen LogP contribution in [0.3, 0.4) is 0 Å². The molecule has 2 atom stereocenters. The second-order valence-corrected chi connectivity index (χ2v) is 11.7. The maximum Gasteiger partial charge on any atom is 0.439 e. The zero-order chi connectivity index (χ0) is 30.8. The lowest BCUT2D eigenvalue weighted by molar-refractivity contribution is -0.0758. The summed E-state index contributed by atoms with van der Waals surface area (Å²) >= 11 is 0. The minimum atomic E-state index is -0.602. The van der Waals surface area contributed by atoms with E-state index >= 15 is 0 Å². The summed E-state index contributed by atoms with van der Waals surface area (Å²) < 4.78 is 14.5. The smallest absolute Gasteiger partial charge is 0.391 e. The van der Waals surface area contributed by atoms with Crippen molar-refractivity contribution >= 4 is 5.78 Å². The van der Waals surface area contributed by atoms with E-state index in [1.807, 2.05) is 64.5 Å². The highest BCUT2D eigenvalue weighted by Gasteiger charge is 2.29. The third-order valence-electron chi connectivity index (χ3n) is 8.68. The molecule has 3 aromatic heterocycles. The Morgan fingerprint density at radius 3 is 2.43 bits per heavy atom. The molecule has 3 heterocycles. The van der Waals surface area contributed by atoms with Crippen molar-refractivity contribution in [3.63, 3.8) is 0 Å². The molecule has 1 saturated carbocycles. The molecule has 44 heavy (non-hydrogen) atoms. The number of aromatic nitrogens is 6. The number of hydrogen-bond acceptors (Lipinski definition) is 8. The van der Waals surface area contributed by atoms with E-state index in [-0.39, 0.29) is 23.8 Å². The molecule has 2 N–H and O–H groups in total. The lowest BCUT2D eigenvalue weighted by atomic mass is 9.92. The van der Waals surface area contributed by atoms with E-state index in [9.17, 15) is 14.7 Å². The molecule has 0 spiro atoms. The summed E-state index contributed by atoms with van der Waals surface area (Å²) in [5, 5.41) is 18.3. The summed E-state index contributed by atoms with van der Waals surface area (Å²) in [4.78, 5) is 33.0. The average molecular weight is 599 g/mol. The normalized spacial score (nSPS) is 18.5. The van der Waals surface area contributed by atoms with Gasteiger partial charge in [-0.25, -0.2) is 9.31 Å². The van der Waals surface area contributed by atoms with Gasteiger partial charge in [-0.3, -0.25) is 18.9 Å². The first-order valence-electron chi connectivity index (χ1n) is 15.4. The second-order valence-electron chi connectivity index (χ2n) is 11.7. The van der Waals surface area contributed by atoms with Crippen LogP contribution < -0.4 is 11.3 Å².